The Morgan fingerprint density at radius 1 is 1.33 bits per heavy atom. The zero-order valence-corrected chi connectivity index (χ0v) is 13.0. The van der Waals surface area contributed by atoms with Crippen molar-refractivity contribution in [2.45, 2.75) is 46.1 Å². The number of nitrogens with one attached hydrogen (secondary N) is 1. The fourth-order valence-corrected chi connectivity index (χ4v) is 3.72. The van der Waals surface area contributed by atoms with Gasteiger partial charge in [-0.05, 0) is 48.8 Å². The summed E-state index contributed by atoms with van der Waals surface area (Å²) in [6.45, 7) is 7.07. The largest absolute Gasteiger partial charge is 0.397 e. The Hall–Kier alpha value is -0.700. The zero-order chi connectivity index (χ0) is 13.3. The normalized spacial score (nSPS) is 26.9. The first-order valence-corrected chi connectivity index (χ1v) is 7.46. The lowest BCUT2D eigenvalue weighted by atomic mass is 9.70. The van der Waals surface area contributed by atoms with Gasteiger partial charge in [0, 0.05) is 10.5 Å². The van der Waals surface area contributed by atoms with Gasteiger partial charge in [-0.1, -0.05) is 36.7 Å². The van der Waals surface area contributed by atoms with Crippen molar-refractivity contribution in [3.05, 3.63) is 22.7 Å². The highest BCUT2D eigenvalue weighted by Crippen LogP contribution is 2.40. The molecule has 1 aromatic rings. The summed E-state index contributed by atoms with van der Waals surface area (Å²) < 4.78 is 1.03. The van der Waals surface area contributed by atoms with Gasteiger partial charge in [0.2, 0.25) is 0 Å². The van der Waals surface area contributed by atoms with Gasteiger partial charge in [0.15, 0.2) is 0 Å². The number of benzene rings is 1. The molecule has 0 unspecified atom stereocenters. The molecule has 1 aliphatic rings. The highest BCUT2D eigenvalue weighted by Gasteiger charge is 2.32. The third-order valence-corrected chi connectivity index (χ3v) is 4.25. The summed E-state index contributed by atoms with van der Waals surface area (Å²) in [5.74, 6) is 0.780. The van der Waals surface area contributed by atoms with Gasteiger partial charge < -0.3 is 11.1 Å². The lowest BCUT2D eigenvalue weighted by Crippen LogP contribution is -2.35. The van der Waals surface area contributed by atoms with E-state index in [1.165, 1.54) is 19.3 Å². The molecule has 0 radical (unpaired) electrons. The first-order chi connectivity index (χ1) is 8.35. The molecule has 3 heteroatoms. The van der Waals surface area contributed by atoms with Crippen molar-refractivity contribution in [1.82, 2.24) is 0 Å². The third-order valence-electron chi connectivity index (χ3n) is 3.76. The van der Waals surface area contributed by atoms with Crippen molar-refractivity contribution in [2.24, 2.45) is 11.3 Å². The molecule has 0 aliphatic heterocycles. The van der Waals surface area contributed by atoms with E-state index in [9.17, 15) is 0 Å². The molecule has 2 nitrogen and oxygen atoms in total. The molecular formula is C15H23BrN2. The topological polar surface area (TPSA) is 38.0 Å². The van der Waals surface area contributed by atoms with Gasteiger partial charge in [0.25, 0.3) is 0 Å². The first kappa shape index (κ1) is 13.7. The van der Waals surface area contributed by atoms with Crippen LogP contribution < -0.4 is 11.1 Å². The van der Waals surface area contributed by atoms with Gasteiger partial charge in [-0.15, -0.1) is 0 Å². The number of halogens is 1. The van der Waals surface area contributed by atoms with Crippen LogP contribution in [0.4, 0.5) is 11.4 Å². The molecule has 0 saturated heterocycles. The molecule has 0 heterocycles. The van der Waals surface area contributed by atoms with Crippen LogP contribution in [0.25, 0.3) is 0 Å². The zero-order valence-electron chi connectivity index (χ0n) is 11.5. The second-order valence-corrected chi connectivity index (χ2v) is 7.40. The maximum absolute atomic E-state index is 6.05. The smallest absolute Gasteiger partial charge is 0.0576 e. The average Bonchev–Trinajstić information content (AvgIpc) is 2.19. The summed E-state index contributed by atoms with van der Waals surface area (Å²) in [6.07, 6.45) is 3.77. The van der Waals surface area contributed by atoms with E-state index in [1.54, 1.807) is 0 Å². The molecule has 18 heavy (non-hydrogen) atoms. The van der Waals surface area contributed by atoms with Gasteiger partial charge in [-0.2, -0.15) is 0 Å². The maximum atomic E-state index is 6.05. The molecule has 0 amide bonds. The summed E-state index contributed by atoms with van der Waals surface area (Å²) in [7, 11) is 0. The number of rotatable bonds is 2. The summed E-state index contributed by atoms with van der Waals surface area (Å²) in [5.41, 5.74) is 8.36. The quantitative estimate of drug-likeness (QED) is 0.780. The minimum Gasteiger partial charge on any atom is -0.397 e. The van der Waals surface area contributed by atoms with Crippen molar-refractivity contribution in [2.75, 3.05) is 11.1 Å². The van der Waals surface area contributed by atoms with E-state index < -0.39 is 0 Å². The summed E-state index contributed by atoms with van der Waals surface area (Å²) in [6, 6.07) is 6.59. The fraction of sp³-hybridized carbons (Fsp3) is 0.600. The van der Waals surface area contributed by atoms with Crippen LogP contribution >= 0.6 is 15.9 Å². The van der Waals surface area contributed by atoms with Crippen molar-refractivity contribution < 1.29 is 0 Å². The Labute approximate surface area is 118 Å². The standard InChI is InChI=1S/C15H23BrN2/c1-10-6-12(9-15(2,3)8-10)18-14-5-4-11(16)7-13(14)17/h4-5,7,10,12,18H,6,8-9,17H2,1-3H3/t10-,12+/m1/s1. The Balaban J connectivity index is 2.09. The van der Waals surface area contributed by atoms with Crippen molar-refractivity contribution in [3.8, 4) is 0 Å². The van der Waals surface area contributed by atoms with Crippen LogP contribution in [0.5, 0.6) is 0 Å². The van der Waals surface area contributed by atoms with Crippen molar-refractivity contribution in [3.63, 3.8) is 0 Å². The lowest BCUT2D eigenvalue weighted by Gasteiger charge is -2.39. The van der Waals surface area contributed by atoms with E-state index in [1.807, 2.05) is 12.1 Å². The van der Waals surface area contributed by atoms with E-state index in [2.05, 4.69) is 48.1 Å². The van der Waals surface area contributed by atoms with Crippen LogP contribution in [0.1, 0.15) is 40.0 Å². The first-order valence-electron chi connectivity index (χ1n) is 6.67. The average molecular weight is 311 g/mol. The highest BCUT2D eigenvalue weighted by molar-refractivity contribution is 9.10. The molecule has 1 saturated carbocycles. The van der Waals surface area contributed by atoms with Crippen molar-refractivity contribution >= 4 is 27.3 Å². The van der Waals surface area contributed by atoms with Crippen LogP contribution in [0.15, 0.2) is 22.7 Å². The molecule has 1 aromatic carbocycles. The van der Waals surface area contributed by atoms with Gasteiger partial charge in [-0.3, -0.25) is 0 Å². The molecule has 0 bridgehead atoms. The minimum absolute atomic E-state index is 0.430. The summed E-state index contributed by atoms with van der Waals surface area (Å²) >= 11 is 3.44. The van der Waals surface area contributed by atoms with Gasteiger partial charge in [-0.25, -0.2) is 0 Å². The molecule has 0 spiro atoms. The van der Waals surface area contributed by atoms with Crippen LogP contribution in [0, 0.1) is 11.3 Å². The molecule has 1 fully saturated rings. The van der Waals surface area contributed by atoms with Crippen molar-refractivity contribution in [1.29, 1.82) is 0 Å². The van der Waals surface area contributed by atoms with Gasteiger partial charge in [0.05, 0.1) is 11.4 Å². The predicted molar refractivity (Wildman–Crippen MR) is 82.8 cm³/mol. The molecule has 2 atom stereocenters. The molecule has 0 aromatic heterocycles. The second-order valence-electron chi connectivity index (χ2n) is 6.49. The molecule has 3 N–H and O–H groups in total. The number of anilines is 2. The second kappa shape index (κ2) is 5.12. The van der Waals surface area contributed by atoms with Crippen LogP contribution in [-0.2, 0) is 0 Å². The summed E-state index contributed by atoms with van der Waals surface area (Å²) in [5, 5.41) is 3.62. The van der Waals surface area contributed by atoms with Crippen LogP contribution in [-0.4, -0.2) is 6.04 Å². The van der Waals surface area contributed by atoms with E-state index in [-0.39, 0.29) is 0 Å². The molecular weight excluding hydrogens is 288 g/mol. The number of hydrogen-bond donors (Lipinski definition) is 2. The Kier molecular flexibility index (Phi) is 3.90. The van der Waals surface area contributed by atoms with Gasteiger partial charge in [0.1, 0.15) is 0 Å². The predicted octanol–water partition coefficient (Wildman–Crippen LogP) is 4.66. The third kappa shape index (κ3) is 3.41. The number of hydrogen-bond acceptors (Lipinski definition) is 2. The molecule has 100 valence electrons. The van der Waals surface area contributed by atoms with E-state index in [0.717, 1.165) is 21.8 Å². The monoisotopic (exact) mass is 310 g/mol. The Bertz CT molecular complexity index is 429. The molecule has 1 aliphatic carbocycles. The molecule has 2 rings (SSSR count). The maximum Gasteiger partial charge on any atom is 0.0576 e. The summed E-state index contributed by atoms with van der Waals surface area (Å²) in [4.78, 5) is 0. The van der Waals surface area contributed by atoms with Crippen LogP contribution in [0.3, 0.4) is 0 Å². The van der Waals surface area contributed by atoms with E-state index in [4.69, 9.17) is 5.73 Å². The SMILES string of the molecule is C[C@@H]1C[C@H](Nc2ccc(Br)cc2N)CC(C)(C)C1. The number of nitrogen functional groups attached to an aromatic ring is 1. The minimum atomic E-state index is 0.430. The van der Waals surface area contributed by atoms with E-state index in [0.29, 0.717) is 11.5 Å². The van der Waals surface area contributed by atoms with Gasteiger partial charge >= 0.3 is 0 Å². The fourth-order valence-electron chi connectivity index (χ4n) is 3.34. The lowest BCUT2D eigenvalue weighted by molar-refractivity contribution is 0.178. The number of nitrogens with two attached hydrogens (primary N) is 1. The Morgan fingerprint density at radius 3 is 2.67 bits per heavy atom. The van der Waals surface area contributed by atoms with E-state index >= 15 is 0 Å². The Morgan fingerprint density at radius 2 is 2.06 bits per heavy atom. The highest BCUT2D eigenvalue weighted by atomic mass is 79.9. The van der Waals surface area contributed by atoms with Crippen LogP contribution in [0.2, 0.25) is 0 Å².